The first-order chi connectivity index (χ1) is 9.04. The molecule has 0 saturated heterocycles. The van der Waals surface area contributed by atoms with Gasteiger partial charge in [-0.1, -0.05) is 0 Å². The number of halogens is 3. The van der Waals surface area contributed by atoms with E-state index in [0.717, 1.165) is 5.56 Å². The molecule has 3 aromatic rings. The number of hydrogen-bond acceptors (Lipinski definition) is 2. The van der Waals surface area contributed by atoms with E-state index in [2.05, 4.69) is 41.8 Å². The maximum atomic E-state index is 13.4. The minimum atomic E-state index is -0.346. The van der Waals surface area contributed by atoms with E-state index < -0.39 is 0 Å². The van der Waals surface area contributed by atoms with Gasteiger partial charge in [-0.2, -0.15) is 0 Å². The predicted octanol–water partition coefficient (Wildman–Crippen LogP) is 4.60. The second kappa shape index (κ2) is 4.61. The van der Waals surface area contributed by atoms with Gasteiger partial charge in [-0.05, 0) is 56.1 Å². The Morgan fingerprint density at radius 2 is 1.89 bits per heavy atom. The van der Waals surface area contributed by atoms with Gasteiger partial charge in [0.15, 0.2) is 0 Å². The van der Waals surface area contributed by atoms with Crippen molar-refractivity contribution in [3.8, 4) is 17.1 Å². The van der Waals surface area contributed by atoms with Crippen molar-refractivity contribution in [2.75, 3.05) is 0 Å². The average Bonchev–Trinajstić information content (AvgIpc) is 2.76. The van der Waals surface area contributed by atoms with Crippen LogP contribution in [-0.2, 0) is 0 Å². The Hall–Kier alpha value is -1.40. The van der Waals surface area contributed by atoms with Gasteiger partial charge in [0, 0.05) is 11.6 Å². The SMILES string of the molecule is Oc1cc(-c2nc3cc(Br)c(F)cc3[nH]2)ccc1Br. The highest BCUT2D eigenvalue weighted by atomic mass is 79.9. The van der Waals surface area contributed by atoms with Crippen molar-refractivity contribution in [1.29, 1.82) is 0 Å². The number of fused-ring (bicyclic) bond motifs is 1. The zero-order valence-electron chi connectivity index (χ0n) is 9.42. The fourth-order valence-electron chi connectivity index (χ4n) is 1.80. The normalized spacial score (nSPS) is 11.1. The maximum Gasteiger partial charge on any atom is 0.139 e. The molecule has 0 spiro atoms. The highest BCUT2D eigenvalue weighted by Gasteiger charge is 2.10. The summed E-state index contributed by atoms with van der Waals surface area (Å²) in [6, 6.07) is 8.13. The van der Waals surface area contributed by atoms with Crippen LogP contribution in [0.4, 0.5) is 4.39 Å². The van der Waals surface area contributed by atoms with Crippen LogP contribution in [0, 0.1) is 5.82 Å². The molecular formula is C13H7Br2FN2O. The van der Waals surface area contributed by atoms with Gasteiger partial charge < -0.3 is 10.1 Å². The molecule has 0 radical (unpaired) electrons. The number of nitrogens with one attached hydrogen (secondary N) is 1. The zero-order chi connectivity index (χ0) is 13.6. The van der Waals surface area contributed by atoms with Crippen LogP contribution in [0.5, 0.6) is 5.75 Å². The minimum Gasteiger partial charge on any atom is -0.507 e. The van der Waals surface area contributed by atoms with E-state index in [0.29, 0.717) is 25.8 Å². The zero-order valence-corrected chi connectivity index (χ0v) is 12.6. The predicted molar refractivity (Wildman–Crippen MR) is 78.6 cm³/mol. The molecule has 1 heterocycles. The Balaban J connectivity index is 2.17. The summed E-state index contributed by atoms with van der Waals surface area (Å²) in [5, 5.41) is 9.67. The van der Waals surface area contributed by atoms with Gasteiger partial charge in [0.05, 0.1) is 20.0 Å². The summed E-state index contributed by atoms with van der Waals surface area (Å²) in [6.45, 7) is 0. The number of aromatic amines is 1. The summed E-state index contributed by atoms with van der Waals surface area (Å²) in [5.41, 5.74) is 2.00. The summed E-state index contributed by atoms with van der Waals surface area (Å²) < 4.78 is 14.4. The van der Waals surface area contributed by atoms with Crippen LogP contribution in [0.25, 0.3) is 22.4 Å². The van der Waals surface area contributed by atoms with E-state index >= 15 is 0 Å². The molecule has 19 heavy (non-hydrogen) atoms. The lowest BCUT2D eigenvalue weighted by molar-refractivity contribution is 0.472. The second-order valence-electron chi connectivity index (χ2n) is 4.04. The van der Waals surface area contributed by atoms with E-state index in [1.807, 2.05) is 6.07 Å². The molecule has 3 nitrogen and oxygen atoms in total. The molecule has 0 unspecified atom stereocenters. The Kier molecular flexibility index (Phi) is 3.06. The second-order valence-corrected chi connectivity index (χ2v) is 5.74. The van der Waals surface area contributed by atoms with Gasteiger partial charge in [0.25, 0.3) is 0 Å². The highest BCUT2D eigenvalue weighted by Crippen LogP contribution is 2.30. The summed E-state index contributed by atoms with van der Waals surface area (Å²) in [5.74, 6) is 0.363. The highest BCUT2D eigenvalue weighted by molar-refractivity contribution is 9.10. The van der Waals surface area contributed by atoms with Crippen LogP contribution in [0.15, 0.2) is 39.3 Å². The van der Waals surface area contributed by atoms with E-state index in [1.54, 1.807) is 18.2 Å². The monoisotopic (exact) mass is 384 g/mol. The fraction of sp³-hybridized carbons (Fsp3) is 0. The summed E-state index contributed by atoms with van der Waals surface area (Å²) in [4.78, 5) is 7.41. The van der Waals surface area contributed by atoms with E-state index in [-0.39, 0.29) is 11.6 Å². The summed E-state index contributed by atoms with van der Waals surface area (Å²) in [7, 11) is 0. The third kappa shape index (κ3) is 2.26. The summed E-state index contributed by atoms with van der Waals surface area (Å²) in [6.07, 6.45) is 0. The molecule has 0 bridgehead atoms. The number of aromatic nitrogens is 2. The first-order valence-electron chi connectivity index (χ1n) is 5.38. The van der Waals surface area contributed by atoms with Crippen LogP contribution in [0.2, 0.25) is 0 Å². The number of phenolic OH excluding ortho intramolecular Hbond substituents is 1. The molecule has 3 rings (SSSR count). The quantitative estimate of drug-likeness (QED) is 0.643. The maximum absolute atomic E-state index is 13.4. The van der Waals surface area contributed by atoms with Crippen molar-refractivity contribution >= 4 is 42.9 Å². The largest absolute Gasteiger partial charge is 0.507 e. The van der Waals surface area contributed by atoms with Crippen molar-refractivity contribution in [1.82, 2.24) is 9.97 Å². The third-order valence-corrected chi connectivity index (χ3v) is 4.02. The van der Waals surface area contributed by atoms with E-state index in [9.17, 15) is 9.50 Å². The molecule has 0 aliphatic heterocycles. The summed E-state index contributed by atoms with van der Waals surface area (Å²) >= 11 is 6.35. The topological polar surface area (TPSA) is 48.9 Å². The number of aromatic hydroxyl groups is 1. The smallest absolute Gasteiger partial charge is 0.139 e. The third-order valence-electron chi connectivity index (χ3n) is 2.74. The first-order valence-corrected chi connectivity index (χ1v) is 6.97. The molecule has 96 valence electrons. The number of phenols is 1. The lowest BCUT2D eigenvalue weighted by Crippen LogP contribution is -1.80. The van der Waals surface area contributed by atoms with E-state index in [1.165, 1.54) is 6.07 Å². The molecular weight excluding hydrogens is 379 g/mol. The number of benzene rings is 2. The average molecular weight is 386 g/mol. The number of H-pyrrole nitrogens is 1. The molecule has 0 aliphatic carbocycles. The number of hydrogen-bond donors (Lipinski definition) is 2. The minimum absolute atomic E-state index is 0.130. The van der Waals surface area contributed by atoms with Crippen molar-refractivity contribution < 1.29 is 9.50 Å². The Morgan fingerprint density at radius 1 is 1.11 bits per heavy atom. The number of imidazole rings is 1. The van der Waals surface area contributed by atoms with Gasteiger partial charge in [-0.3, -0.25) is 0 Å². The van der Waals surface area contributed by atoms with Crippen molar-refractivity contribution in [3.63, 3.8) is 0 Å². The standard InChI is InChI=1S/C13H7Br2FN2O/c14-7-2-1-6(3-12(7)19)13-17-10-4-8(15)9(16)5-11(10)18-13/h1-5,19H,(H,17,18). The first kappa shape index (κ1) is 12.6. The van der Waals surface area contributed by atoms with Gasteiger partial charge >= 0.3 is 0 Å². The number of rotatable bonds is 1. The Morgan fingerprint density at radius 3 is 2.63 bits per heavy atom. The Bertz CT molecular complexity index is 747. The molecule has 0 saturated carbocycles. The van der Waals surface area contributed by atoms with Crippen LogP contribution >= 0.6 is 31.9 Å². The molecule has 0 amide bonds. The molecule has 0 aliphatic rings. The van der Waals surface area contributed by atoms with Crippen LogP contribution in [0.3, 0.4) is 0 Å². The molecule has 0 fully saturated rings. The van der Waals surface area contributed by atoms with Gasteiger partial charge in [0.2, 0.25) is 0 Å². The van der Waals surface area contributed by atoms with Gasteiger partial charge in [-0.25, -0.2) is 9.37 Å². The Labute approximate surface area is 124 Å². The molecule has 2 aromatic carbocycles. The lowest BCUT2D eigenvalue weighted by Gasteiger charge is -1.99. The van der Waals surface area contributed by atoms with Crippen molar-refractivity contribution in [2.45, 2.75) is 0 Å². The molecule has 0 atom stereocenters. The molecule has 1 aromatic heterocycles. The van der Waals surface area contributed by atoms with Crippen LogP contribution in [-0.4, -0.2) is 15.1 Å². The van der Waals surface area contributed by atoms with Crippen molar-refractivity contribution in [3.05, 3.63) is 45.1 Å². The molecule has 2 N–H and O–H groups in total. The van der Waals surface area contributed by atoms with Gasteiger partial charge in [-0.15, -0.1) is 0 Å². The molecule has 6 heteroatoms. The van der Waals surface area contributed by atoms with Crippen LogP contribution in [0.1, 0.15) is 0 Å². The van der Waals surface area contributed by atoms with Crippen molar-refractivity contribution in [2.24, 2.45) is 0 Å². The lowest BCUT2D eigenvalue weighted by atomic mass is 10.2. The number of nitrogens with zero attached hydrogens (tertiary/aromatic N) is 1. The van der Waals surface area contributed by atoms with E-state index in [4.69, 9.17) is 0 Å². The van der Waals surface area contributed by atoms with Crippen LogP contribution < -0.4 is 0 Å². The fourth-order valence-corrected chi connectivity index (χ4v) is 2.38. The van der Waals surface area contributed by atoms with Gasteiger partial charge in [0.1, 0.15) is 17.4 Å².